The second-order valence-corrected chi connectivity index (χ2v) is 6.10. The number of methoxy groups -OCH3 is 1. The Labute approximate surface area is 141 Å². The van der Waals surface area contributed by atoms with Gasteiger partial charge in [-0.3, -0.25) is 9.69 Å². The van der Waals surface area contributed by atoms with Crippen LogP contribution in [-0.2, 0) is 35.7 Å². The topological polar surface area (TPSA) is 63.5 Å². The van der Waals surface area contributed by atoms with E-state index in [0.29, 0.717) is 26.2 Å². The van der Waals surface area contributed by atoms with Crippen LogP contribution in [0.4, 0.5) is 0 Å². The average molecular weight is 329 g/mol. The van der Waals surface area contributed by atoms with Crippen molar-refractivity contribution in [3.63, 3.8) is 0 Å². The van der Waals surface area contributed by atoms with Crippen LogP contribution < -0.4 is 0 Å². The predicted octanol–water partition coefficient (Wildman–Crippen LogP) is 0.899. The smallest absolute Gasteiger partial charge is 0.236 e. The summed E-state index contributed by atoms with van der Waals surface area (Å²) < 4.78 is 6.99. The van der Waals surface area contributed by atoms with Crippen LogP contribution in [0.25, 0.3) is 0 Å². The van der Waals surface area contributed by atoms with Crippen molar-refractivity contribution in [2.45, 2.75) is 26.2 Å². The highest BCUT2D eigenvalue weighted by atomic mass is 16.5. The SMILES string of the molecule is COCCn1cnnc1CN(C)C(=O)CN1Cc2ccccc2C1. The van der Waals surface area contributed by atoms with Gasteiger partial charge in [0.05, 0.1) is 19.7 Å². The van der Waals surface area contributed by atoms with Crippen LogP contribution in [0.1, 0.15) is 17.0 Å². The van der Waals surface area contributed by atoms with Crippen LogP contribution in [0.3, 0.4) is 0 Å². The Kier molecular flexibility index (Phi) is 5.22. The van der Waals surface area contributed by atoms with Gasteiger partial charge in [-0.05, 0) is 11.1 Å². The van der Waals surface area contributed by atoms with E-state index in [2.05, 4.69) is 27.2 Å². The maximum atomic E-state index is 12.5. The summed E-state index contributed by atoms with van der Waals surface area (Å²) in [4.78, 5) is 16.4. The number of aromatic nitrogens is 3. The van der Waals surface area contributed by atoms with Crippen molar-refractivity contribution in [1.82, 2.24) is 24.6 Å². The van der Waals surface area contributed by atoms with Gasteiger partial charge >= 0.3 is 0 Å². The molecule has 3 rings (SSSR count). The van der Waals surface area contributed by atoms with E-state index in [1.807, 2.05) is 16.7 Å². The molecule has 0 aliphatic carbocycles. The summed E-state index contributed by atoms with van der Waals surface area (Å²) in [5.41, 5.74) is 2.62. The van der Waals surface area contributed by atoms with Gasteiger partial charge in [-0.15, -0.1) is 10.2 Å². The molecule has 1 aliphatic heterocycles. The van der Waals surface area contributed by atoms with Crippen molar-refractivity contribution < 1.29 is 9.53 Å². The molecule has 0 atom stereocenters. The molecule has 128 valence electrons. The van der Waals surface area contributed by atoms with Gasteiger partial charge in [0, 0.05) is 33.8 Å². The summed E-state index contributed by atoms with van der Waals surface area (Å²) in [5, 5.41) is 8.03. The minimum Gasteiger partial charge on any atom is -0.383 e. The third-order valence-corrected chi connectivity index (χ3v) is 4.30. The molecular weight excluding hydrogens is 306 g/mol. The second-order valence-electron chi connectivity index (χ2n) is 6.10. The van der Waals surface area contributed by atoms with Crippen LogP contribution in [0.2, 0.25) is 0 Å². The molecular formula is C17H23N5O2. The number of carbonyl (C=O) groups excluding carboxylic acids is 1. The first kappa shape index (κ1) is 16.6. The zero-order chi connectivity index (χ0) is 16.9. The van der Waals surface area contributed by atoms with E-state index in [0.717, 1.165) is 18.9 Å². The van der Waals surface area contributed by atoms with Gasteiger partial charge < -0.3 is 14.2 Å². The van der Waals surface area contributed by atoms with Gasteiger partial charge in [-0.25, -0.2) is 0 Å². The number of amides is 1. The lowest BCUT2D eigenvalue weighted by molar-refractivity contribution is -0.131. The minimum atomic E-state index is 0.0871. The van der Waals surface area contributed by atoms with Gasteiger partial charge in [-0.1, -0.05) is 24.3 Å². The van der Waals surface area contributed by atoms with Gasteiger partial charge in [0.15, 0.2) is 5.82 Å². The molecule has 0 spiro atoms. The molecule has 0 fully saturated rings. The van der Waals surface area contributed by atoms with Crippen LogP contribution in [0.15, 0.2) is 30.6 Å². The predicted molar refractivity (Wildman–Crippen MR) is 88.9 cm³/mol. The van der Waals surface area contributed by atoms with Crippen molar-refractivity contribution in [2.24, 2.45) is 0 Å². The Morgan fingerprint density at radius 3 is 2.67 bits per heavy atom. The lowest BCUT2D eigenvalue weighted by Crippen LogP contribution is -2.36. The van der Waals surface area contributed by atoms with Gasteiger partial charge in [-0.2, -0.15) is 0 Å². The molecule has 1 amide bonds. The molecule has 1 aromatic carbocycles. The van der Waals surface area contributed by atoms with Crippen molar-refractivity contribution >= 4 is 5.91 Å². The lowest BCUT2D eigenvalue weighted by atomic mass is 10.1. The van der Waals surface area contributed by atoms with Crippen LogP contribution in [-0.4, -0.2) is 57.8 Å². The number of likely N-dealkylation sites (N-methyl/N-ethyl adjacent to an activating group) is 1. The fourth-order valence-electron chi connectivity index (χ4n) is 2.91. The lowest BCUT2D eigenvalue weighted by Gasteiger charge is -2.21. The fraction of sp³-hybridized carbons (Fsp3) is 0.471. The summed E-state index contributed by atoms with van der Waals surface area (Å²) in [6.07, 6.45) is 1.67. The molecule has 1 aliphatic rings. The molecule has 0 saturated heterocycles. The molecule has 2 heterocycles. The van der Waals surface area contributed by atoms with E-state index >= 15 is 0 Å². The first-order valence-electron chi connectivity index (χ1n) is 8.06. The van der Waals surface area contributed by atoms with Crippen molar-refractivity contribution in [1.29, 1.82) is 0 Å². The van der Waals surface area contributed by atoms with Crippen molar-refractivity contribution in [3.8, 4) is 0 Å². The average Bonchev–Trinajstić information content (AvgIpc) is 3.18. The Balaban J connectivity index is 1.54. The summed E-state index contributed by atoms with van der Waals surface area (Å²) >= 11 is 0. The van der Waals surface area contributed by atoms with Gasteiger partial charge in [0.2, 0.25) is 5.91 Å². The molecule has 7 nitrogen and oxygen atoms in total. The third-order valence-electron chi connectivity index (χ3n) is 4.30. The first-order valence-corrected chi connectivity index (χ1v) is 8.06. The highest BCUT2D eigenvalue weighted by molar-refractivity contribution is 5.78. The number of carbonyl (C=O) groups is 1. The number of hydrogen-bond acceptors (Lipinski definition) is 5. The quantitative estimate of drug-likeness (QED) is 0.755. The largest absolute Gasteiger partial charge is 0.383 e. The summed E-state index contributed by atoms with van der Waals surface area (Å²) in [6.45, 7) is 3.80. The molecule has 7 heteroatoms. The normalized spacial score (nSPS) is 13.9. The standard InChI is InChI=1S/C17H23N5O2/c1-20(11-16-19-18-13-22(16)7-8-24-2)17(23)12-21-9-14-5-3-4-6-15(14)10-21/h3-6,13H,7-12H2,1-2H3. The number of rotatable bonds is 7. The number of ether oxygens (including phenoxy) is 1. The summed E-state index contributed by atoms with van der Waals surface area (Å²) in [5.74, 6) is 0.858. The molecule has 2 aromatic rings. The fourth-order valence-corrected chi connectivity index (χ4v) is 2.91. The Morgan fingerprint density at radius 2 is 2.00 bits per heavy atom. The maximum Gasteiger partial charge on any atom is 0.236 e. The summed E-state index contributed by atoms with van der Waals surface area (Å²) in [6, 6.07) is 8.34. The minimum absolute atomic E-state index is 0.0871. The number of hydrogen-bond donors (Lipinski definition) is 0. The first-order chi connectivity index (χ1) is 11.7. The number of nitrogens with zero attached hydrogens (tertiary/aromatic N) is 5. The molecule has 1 aromatic heterocycles. The van der Waals surface area contributed by atoms with Gasteiger partial charge in [0.25, 0.3) is 0 Å². The zero-order valence-electron chi connectivity index (χ0n) is 14.2. The van der Waals surface area contributed by atoms with E-state index in [9.17, 15) is 4.79 Å². The number of fused-ring (bicyclic) bond motifs is 1. The monoisotopic (exact) mass is 329 g/mol. The van der Waals surface area contributed by atoms with E-state index in [4.69, 9.17) is 4.74 Å². The Hall–Kier alpha value is -2.25. The summed E-state index contributed by atoms with van der Waals surface area (Å²) in [7, 11) is 3.47. The molecule has 24 heavy (non-hydrogen) atoms. The number of benzene rings is 1. The van der Waals surface area contributed by atoms with Crippen molar-refractivity contribution in [2.75, 3.05) is 27.3 Å². The molecule has 0 bridgehead atoms. The highest BCUT2D eigenvalue weighted by Crippen LogP contribution is 2.21. The van der Waals surface area contributed by atoms with E-state index in [1.54, 1.807) is 25.4 Å². The van der Waals surface area contributed by atoms with Crippen LogP contribution in [0.5, 0.6) is 0 Å². The van der Waals surface area contributed by atoms with Crippen molar-refractivity contribution in [3.05, 3.63) is 47.5 Å². The van der Waals surface area contributed by atoms with E-state index in [-0.39, 0.29) is 5.91 Å². The zero-order valence-corrected chi connectivity index (χ0v) is 14.2. The Morgan fingerprint density at radius 1 is 1.29 bits per heavy atom. The maximum absolute atomic E-state index is 12.5. The molecule has 0 saturated carbocycles. The van der Waals surface area contributed by atoms with Crippen LogP contribution >= 0.6 is 0 Å². The van der Waals surface area contributed by atoms with Crippen LogP contribution in [0, 0.1) is 0 Å². The molecule has 0 N–H and O–H groups in total. The van der Waals surface area contributed by atoms with E-state index in [1.165, 1.54) is 11.1 Å². The molecule has 0 radical (unpaired) electrons. The second kappa shape index (κ2) is 7.55. The third kappa shape index (κ3) is 3.80. The highest BCUT2D eigenvalue weighted by Gasteiger charge is 2.22. The molecule has 0 unspecified atom stereocenters. The van der Waals surface area contributed by atoms with E-state index < -0.39 is 0 Å². The van der Waals surface area contributed by atoms with Gasteiger partial charge in [0.1, 0.15) is 6.33 Å². The Bertz CT molecular complexity index is 675.